The van der Waals surface area contributed by atoms with Gasteiger partial charge in [-0.1, -0.05) is 39.8 Å². The molecule has 7 heteroatoms. The van der Waals surface area contributed by atoms with E-state index in [-0.39, 0.29) is 17.7 Å². The lowest BCUT2D eigenvalue weighted by molar-refractivity contribution is -0.149. The third-order valence-electron chi connectivity index (χ3n) is 4.83. The molecule has 156 valence electrons. The number of rotatable bonds is 8. The van der Waals surface area contributed by atoms with Gasteiger partial charge in [0, 0.05) is 26.0 Å². The van der Waals surface area contributed by atoms with Crippen molar-refractivity contribution in [3.05, 3.63) is 12.2 Å². The molecule has 4 N–H and O–H groups in total. The van der Waals surface area contributed by atoms with Crippen LogP contribution in [-0.2, 0) is 14.3 Å². The Morgan fingerprint density at radius 2 is 1.89 bits per heavy atom. The smallest absolute Gasteiger partial charge is 0.223 e. The van der Waals surface area contributed by atoms with E-state index in [9.17, 15) is 24.9 Å². The third kappa shape index (κ3) is 7.70. The molecule has 0 aromatic heterocycles. The minimum Gasteiger partial charge on any atom is -0.387 e. The summed E-state index contributed by atoms with van der Waals surface area (Å²) in [5, 5.41) is 33.5. The van der Waals surface area contributed by atoms with Crippen LogP contribution >= 0.6 is 0 Å². The second-order valence-electron chi connectivity index (χ2n) is 8.65. The summed E-state index contributed by atoms with van der Waals surface area (Å²) < 4.78 is 5.09. The summed E-state index contributed by atoms with van der Waals surface area (Å²) in [6, 6.07) is 0. The van der Waals surface area contributed by atoms with Crippen molar-refractivity contribution < 1.29 is 29.6 Å². The number of allylic oxidation sites excluding steroid dienone is 1. The maximum Gasteiger partial charge on any atom is 0.223 e. The Kier molecular flexibility index (Phi) is 9.08. The fourth-order valence-corrected chi connectivity index (χ4v) is 3.04. The molecule has 0 bridgehead atoms. The van der Waals surface area contributed by atoms with Crippen LogP contribution in [0.1, 0.15) is 47.0 Å². The highest BCUT2D eigenvalue weighted by Gasteiger charge is 2.37. The number of ether oxygens (including phenoxy) is 1. The first-order valence-electron chi connectivity index (χ1n) is 9.53. The summed E-state index contributed by atoms with van der Waals surface area (Å²) in [6.07, 6.45) is -1.39. The molecule has 1 rings (SSSR count). The van der Waals surface area contributed by atoms with Gasteiger partial charge in [0.15, 0.2) is 5.78 Å². The summed E-state index contributed by atoms with van der Waals surface area (Å²) >= 11 is 0. The Bertz CT molecular complexity index is 527. The van der Waals surface area contributed by atoms with Gasteiger partial charge in [0.2, 0.25) is 5.91 Å². The third-order valence-corrected chi connectivity index (χ3v) is 4.83. The lowest BCUT2D eigenvalue weighted by Gasteiger charge is -2.28. The van der Waals surface area contributed by atoms with Gasteiger partial charge in [0.25, 0.3) is 0 Å². The molecule has 1 heterocycles. The van der Waals surface area contributed by atoms with Crippen molar-refractivity contribution in [2.45, 2.75) is 71.4 Å². The minimum absolute atomic E-state index is 0.0746. The second kappa shape index (κ2) is 10.3. The zero-order valence-corrected chi connectivity index (χ0v) is 17.0. The van der Waals surface area contributed by atoms with Crippen molar-refractivity contribution in [1.29, 1.82) is 0 Å². The summed E-state index contributed by atoms with van der Waals surface area (Å²) in [6.45, 7) is 8.41. The standard InChI is InChI=1S/C20H35NO6/c1-12-6-7-13(19(26)21-11-12)10-15(23)18(27-5)17(25)16(24)14(22)8-9-20(2,3)4/h8-9,12-14,16-18,22,24-25H,6-7,10-11H2,1-5H3,(H,21,26)/b9-8+/t12-,13-,14-,16+,17-,18+/m1/s1. The first-order chi connectivity index (χ1) is 12.5. The number of amides is 1. The summed E-state index contributed by atoms with van der Waals surface area (Å²) in [7, 11) is 1.26. The van der Waals surface area contributed by atoms with E-state index in [1.807, 2.05) is 27.7 Å². The largest absolute Gasteiger partial charge is 0.387 e. The Morgan fingerprint density at radius 1 is 1.26 bits per heavy atom. The van der Waals surface area contributed by atoms with E-state index < -0.39 is 36.1 Å². The minimum atomic E-state index is -1.60. The number of hydrogen-bond acceptors (Lipinski definition) is 6. The van der Waals surface area contributed by atoms with Crippen molar-refractivity contribution in [3.8, 4) is 0 Å². The van der Waals surface area contributed by atoms with Crippen LogP contribution in [0.3, 0.4) is 0 Å². The molecule has 0 spiro atoms. The van der Waals surface area contributed by atoms with Gasteiger partial charge in [-0.2, -0.15) is 0 Å². The average Bonchev–Trinajstić information content (AvgIpc) is 2.74. The predicted octanol–water partition coefficient (Wildman–Crippen LogP) is 0.808. The Hall–Kier alpha value is -1.28. The van der Waals surface area contributed by atoms with E-state index >= 15 is 0 Å². The Morgan fingerprint density at radius 3 is 2.44 bits per heavy atom. The molecule has 7 nitrogen and oxygen atoms in total. The molecule has 1 fully saturated rings. The number of ketones is 1. The first-order valence-corrected chi connectivity index (χ1v) is 9.53. The SMILES string of the molecule is CO[C@@H](C(=O)C[C@H]1CC[C@@H](C)CNC1=O)[C@H](O)[C@@H](O)[C@H](O)/C=C/C(C)(C)C. The van der Waals surface area contributed by atoms with E-state index in [4.69, 9.17) is 4.74 Å². The molecule has 1 aliphatic rings. The number of carbonyl (C=O) groups excluding carboxylic acids is 2. The van der Waals surface area contributed by atoms with Crippen LogP contribution in [0.15, 0.2) is 12.2 Å². The van der Waals surface area contributed by atoms with Gasteiger partial charge in [0.1, 0.15) is 24.4 Å². The number of hydrogen-bond donors (Lipinski definition) is 4. The van der Waals surface area contributed by atoms with Crippen molar-refractivity contribution in [2.75, 3.05) is 13.7 Å². The zero-order chi connectivity index (χ0) is 20.8. The van der Waals surface area contributed by atoms with Gasteiger partial charge in [-0.15, -0.1) is 0 Å². The maximum atomic E-state index is 12.6. The van der Waals surface area contributed by atoms with Crippen LogP contribution in [0.25, 0.3) is 0 Å². The fourth-order valence-electron chi connectivity index (χ4n) is 3.04. The summed E-state index contributed by atoms with van der Waals surface area (Å²) in [5.41, 5.74) is -0.202. The molecule has 0 aromatic rings. The average molecular weight is 386 g/mol. The molecule has 6 atom stereocenters. The van der Waals surface area contributed by atoms with Crippen LogP contribution in [-0.4, -0.2) is 65.1 Å². The molecule has 0 aromatic carbocycles. The van der Waals surface area contributed by atoms with Gasteiger partial charge >= 0.3 is 0 Å². The quantitative estimate of drug-likeness (QED) is 0.460. The number of carbonyl (C=O) groups is 2. The van der Waals surface area contributed by atoms with E-state index in [2.05, 4.69) is 5.32 Å². The monoisotopic (exact) mass is 385 g/mol. The molecule has 1 amide bonds. The van der Waals surface area contributed by atoms with E-state index in [0.717, 1.165) is 6.42 Å². The molecular weight excluding hydrogens is 350 g/mol. The van der Waals surface area contributed by atoms with Crippen molar-refractivity contribution in [2.24, 2.45) is 17.3 Å². The highest BCUT2D eigenvalue weighted by atomic mass is 16.5. The molecule has 1 aliphatic heterocycles. The molecule has 0 saturated carbocycles. The van der Waals surface area contributed by atoms with Crippen LogP contribution in [0.4, 0.5) is 0 Å². The highest BCUT2D eigenvalue weighted by molar-refractivity contribution is 5.89. The zero-order valence-electron chi connectivity index (χ0n) is 17.0. The highest BCUT2D eigenvalue weighted by Crippen LogP contribution is 2.22. The van der Waals surface area contributed by atoms with Gasteiger partial charge in [-0.25, -0.2) is 0 Å². The van der Waals surface area contributed by atoms with E-state index in [1.165, 1.54) is 13.2 Å². The van der Waals surface area contributed by atoms with Gasteiger partial charge in [-0.05, 0) is 24.2 Å². The second-order valence-corrected chi connectivity index (χ2v) is 8.65. The lowest BCUT2D eigenvalue weighted by Crippen LogP contribution is -2.48. The lowest BCUT2D eigenvalue weighted by atomic mass is 9.89. The normalized spacial score (nSPS) is 26.1. The Labute approximate surface area is 161 Å². The molecular formula is C20H35NO6. The van der Waals surface area contributed by atoms with E-state index in [1.54, 1.807) is 6.08 Å². The summed E-state index contributed by atoms with van der Waals surface area (Å²) in [4.78, 5) is 24.7. The van der Waals surface area contributed by atoms with Crippen LogP contribution in [0.2, 0.25) is 0 Å². The van der Waals surface area contributed by atoms with Gasteiger partial charge < -0.3 is 25.4 Å². The number of nitrogens with one attached hydrogen (secondary N) is 1. The van der Waals surface area contributed by atoms with Crippen LogP contribution in [0, 0.1) is 17.3 Å². The number of aliphatic hydroxyl groups is 3. The van der Waals surface area contributed by atoms with Gasteiger partial charge in [-0.3, -0.25) is 9.59 Å². The maximum absolute atomic E-state index is 12.6. The fraction of sp³-hybridized carbons (Fsp3) is 0.800. The van der Waals surface area contributed by atoms with Gasteiger partial charge in [0.05, 0.1) is 0 Å². The van der Waals surface area contributed by atoms with Crippen molar-refractivity contribution >= 4 is 11.7 Å². The first kappa shape index (κ1) is 23.8. The topological polar surface area (TPSA) is 116 Å². The molecule has 1 saturated heterocycles. The van der Waals surface area contributed by atoms with Crippen molar-refractivity contribution in [3.63, 3.8) is 0 Å². The van der Waals surface area contributed by atoms with Crippen molar-refractivity contribution in [1.82, 2.24) is 5.32 Å². The number of Topliss-reactive ketones (excluding diaryl/α,β-unsaturated/α-hetero) is 1. The van der Waals surface area contributed by atoms with E-state index in [0.29, 0.717) is 18.9 Å². The van der Waals surface area contributed by atoms with Crippen LogP contribution < -0.4 is 5.32 Å². The number of aliphatic hydroxyl groups excluding tert-OH is 3. The molecule has 0 aliphatic carbocycles. The predicted molar refractivity (Wildman–Crippen MR) is 102 cm³/mol. The molecule has 27 heavy (non-hydrogen) atoms. The molecule has 0 radical (unpaired) electrons. The Balaban J connectivity index is 2.75. The molecule has 0 unspecified atom stereocenters. The summed E-state index contributed by atoms with van der Waals surface area (Å²) in [5.74, 6) is -0.768. The van der Waals surface area contributed by atoms with Crippen LogP contribution in [0.5, 0.6) is 0 Å². The number of methoxy groups -OCH3 is 1.